The Morgan fingerprint density at radius 3 is 2.72 bits per heavy atom. The van der Waals surface area contributed by atoms with Crippen LogP contribution >= 0.6 is 0 Å². The van der Waals surface area contributed by atoms with Gasteiger partial charge in [0, 0.05) is 5.56 Å². The Kier molecular flexibility index (Phi) is 5.71. The number of nitrogens with zero attached hydrogens (tertiary/aromatic N) is 6. The van der Waals surface area contributed by atoms with Crippen LogP contribution in [-0.4, -0.2) is 51.6 Å². The summed E-state index contributed by atoms with van der Waals surface area (Å²) in [6.07, 6.45) is 1.44. The lowest BCUT2D eigenvalue weighted by Crippen LogP contribution is -2.21. The molecule has 0 aliphatic heterocycles. The predicted molar refractivity (Wildman–Crippen MR) is 102 cm³/mol. The minimum Gasteiger partial charge on any atom is -0.493 e. The molecule has 152 valence electrons. The number of rotatable bonds is 7. The van der Waals surface area contributed by atoms with Gasteiger partial charge in [-0.1, -0.05) is 25.1 Å². The van der Waals surface area contributed by atoms with E-state index in [-0.39, 0.29) is 23.2 Å². The van der Waals surface area contributed by atoms with Crippen molar-refractivity contribution < 1.29 is 18.9 Å². The first-order chi connectivity index (χ1) is 14.0. The molecule has 0 atom stereocenters. The highest BCUT2D eigenvalue weighted by Crippen LogP contribution is 2.29. The number of anilines is 1. The number of nitrogens with two attached hydrogens (primary N) is 1. The average Bonchev–Trinajstić information content (AvgIpc) is 3.33. The number of hydrogen-bond acceptors (Lipinski definition) is 10. The van der Waals surface area contributed by atoms with E-state index in [2.05, 4.69) is 35.8 Å². The van der Waals surface area contributed by atoms with Crippen LogP contribution in [0, 0.1) is 0 Å². The van der Waals surface area contributed by atoms with Gasteiger partial charge in [0.1, 0.15) is 0 Å². The maximum Gasteiger partial charge on any atom is 0.293 e. The molecular formula is C17H20N8O4. The lowest BCUT2D eigenvalue weighted by Gasteiger charge is -2.09. The molecule has 3 N–H and O–H groups in total. The second-order valence-electron chi connectivity index (χ2n) is 6.14. The van der Waals surface area contributed by atoms with Gasteiger partial charge in [-0.05, 0) is 28.4 Å². The third-order valence-electron chi connectivity index (χ3n) is 3.97. The summed E-state index contributed by atoms with van der Waals surface area (Å²) < 4.78 is 16.5. The Bertz CT molecular complexity index is 1040. The number of hydrogen-bond donors (Lipinski definition) is 2. The van der Waals surface area contributed by atoms with Crippen molar-refractivity contribution in [2.75, 3.05) is 20.0 Å². The minimum absolute atomic E-state index is 0.0342. The summed E-state index contributed by atoms with van der Waals surface area (Å²) in [4.78, 5) is 12.6. The molecule has 0 saturated heterocycles. The van der Waals surface area contributed by atoms with Crippen LogP contribution < -0.4 is 20.6 Å². The van der Waals surface area contributed by atoms with E-state index >= 15 is 0 Å². The summed E-state index contributed by atoms with van der Waals surface area (Å²) in [6.45, 7) is 3.75. The van der Waals surface area contributed by atoms with Gasteiger partial charge in [-0.3, -0.25) is 4.79 Å². The Hall–Kier alpha value is -3.96. The van der Waals surface area contributed by atoms with Crippen molar-refractivity contribution in [1.29, 1.82) is 0 Å². The van der Waals surface area contributed by atoms with Gasteiger partial charge in [-0.25, -0.2) is 10.1 Å². The molecule has 0 aliphatic carbocycles. The number of nitrogens with one attached hydrogen (secondary N) is 1. The Morgan fingerprint density at radius 2 is 2.10 bits per heavy atom. The third kappa shape index (κ3) is 3.85. The second-order valence-corrected chi connectivity index (χ2v) is 6.14. The van der Waals surface area contributed by atoms with Crippen LogP contribution in [0.3, 0.4) is 0 Å². The van der Waals surface area contributed by atoms with Gasteiger partial charge in [0.25, 0.3) is 5.91 Å². The van der Waals surface area contributed by atoms with Crippen LogP contribution in [0.4, 0.5) is 5.82 Å². The summed E-state index contributed by atoms with van der Waals surface area (Å²) in [6, 6.07) is 5.31. The van der Waals surface area contributed by atoms with Crippen molar-refractivity contribution in [2.45, 2.75) is 19.8 Å². The molecule has 1 aromatic carbocycles. The average molecular weight is 400 g/mol. The summed E-state index contributed by atoms with van der Waals surface area (Å²) in [5.74, 6) is 0.566. The highest BCUT2D eigenvalue weighted by Gasteiger charge is 2.25. The van der Waals surface area contributed by atoms with E-state index < -0.39 is 5.91 Å². The Labute approximate surface area is 165 Å². The summed E-state index contributed by atoms with van der Waals surface area (Å²) >= 11 is 0. The minimum atomic E-state index is -0.548. The van der Waals surface area contributed by atoms with Crippen molar-refractivity contribution in [3.8, 4) is 17.3 Å². The summed E-state index contributed by atoms with van der Waals surface area (Å²) in [5, 5.41) is 19.1. The van der Waals surface area contributed by atoms with Crippen LogP contribution in [0.1, 0.15) is 41.5 Å². The topological polar surface area (TPSA) is 156 Å². The highest BCUT2D eigenvalue weighted by atomic mass is 16.6. The summed E-state index contributed by atoms with van der Waals surface area (Å²) in [5.41, 5.74) is 9.34. The first-order valence-corrected chi connectivity index (χ1v) is 8.56. The molecule has 1 amide bonds. The zero-order chi connectivity index (χ0) is 21.0. The van der Waals surface area contributed by atoms with E-state index in [9.17, 15) is 4.79 Å². The number of para-hydroxylation sites is 1. The van der Waals surface area contributed by atoms with Gasteiger partial charge < -0.3 is 15.2 Å². The van der Waals surface area contributed by atoms with Crippen LogP contribution in [0.5, 0.6) is 11.5 Å². The number of nitrogen functional groups attached to an aromatic ring is 1. The van der Waals surface area contributed by atoms with E-state index in [4.69, 9.17) is 15.2 Å². The maximum absolute atomic E-state index is 12.6. The van der Waals surface area contributed by atoms with E-state index in [0.717, 1.165) is 0 Å². The lowest BCUT2D eigenvalue weighted by atomic mass is 10.1. The first kappa shape index (κ1) is 19.8. The van der Waals surface area contributed by atoms with Crippen molar-refractivity contribution in [2.24, 2.45) is 5.10 Å². The normalized spacial score (nSPS) is 11.2. The smallest absolute Gasteiger partial charge is 0.293 e. The largest absolute Gasteiger partial charge is 0.493 e. The van der Waals surface area contributed by atoms with E-state index in [1.165, 1.54) is 25.1 Å². The molecule has 0 fully saturated rings. The SMILES string of the molecule is COc1cccc(C=NNC(=O)c2nnn(-c3nonc3N)c2C(C)C)c1OC. The molecule has 0 unspecified atom stereocenters. The number of carbonyl (C=O) groups excluding carboxylic acids is 1. The highest BCUT2D eigenvalue weighted by molar-refractivity contribution is 5.94. The van der Waals surface area contributed by atoms with E-state index in [1.807, 2.05) is 13.8 Å². The molecule has 2 aromatic heterocycles. The predicted octanol–water partition coefficient (Wildman–Crippen LogP) is 1.14. The van der Waals surface area contributed by atoms with Crippen molar-refractivity contribution >= 4 is 17.9 Å². The van der Waals surface area contributed by atoms with Gasteiger partial charge in [-0.2, -0.15) is 9.78 Å². The second kappa shape index (κ2) is 8.37. The van der Waals surface area contributed by atoms with E-state index in [0.29, 0.717) is 22.8 Å². The fraction of sp³-hybridized carbons (Fsp3) is 0.294. The Balaban J connectivity index is 1.85. The number of amides is 1. The van der Waals surface area contributed by atoms with Crippen LogP contribution in [0.15, 0.2) is 27.9 Å². The number of methoxy groups -OCH3 is 2. The molecule has 0 bridgehead atoms. The molecule has 0 radical (unpaired) electrons. The molecule has 2 heterocycles. The monoisotopic (exact) mass is 400 g/mol. The standard InChI is InChI=1S/C17H20N8O4/c1-9(2)13-12(20-24-25(13)16-15(18)22-29-23-16)17(26)21-19-8-10-6-5-7-11(27-3)14(10)28-4/h5-9H,1-4H3,(H2,18,22)(H,21,26). The molecule has 12 heteroatoms. The van der Waals surface area contributed by atoms with Crippen molar-refractivity contribution in [3.05, 3.63) is 35.2 Å². The quantitative estimate of drug-likeness (QED) is 0.438. The zero-order valence-corrected chi connectivity index (χ0v) is 16.3. The number of benzene rings is 1. The van der Waals surface area contributed by atoms with Crippen LogP contribution in [0.25, 0.3) is 5.82 Å². The fourth-order valence-corrected chi connectivity index (χ4v) is 2.69. The number of carbonyl (C=O) groups is 1. The molecule has 3 rings (SSSR count). The third-order valence-corrected chi connectivity index (χ3v) is 3.97. The van der Waals surface area contributed by atoms with Gasteiger partial charge >= 0.3 is 0 Å². The first-order valence-electron chi connectivity index (χ1n) is 8.56. The maximum atomic E-state index is 12.6. The molecule has 0 aliphatic rings. The number of aromatic nitrogens is 5. The molecular weight excluding hydrogens is 380 g/mol. The molecule has 0 spiro atoms. The lowest BCUT2D eigenvalue weighted by molar-refractivity contribution is 0.0948. The van der Waals surface area contributed by atoms with Crippen molar-refractivity contribution in [3.63, 3.8) is 0 Å². The zero-order valence-electron chi connectivity index (χ0n) is 16.3. The van der Waals surface area contributed by atoms with Crippen molar-refractivity contribution in [1.82, 2.24) is 30.7 Å². The molecule has 12 nitrogen and oxygen atoms in total. The Morgan fingerprint density at radius 1 is 1.31 bits per heavy atom. The molecule has 0 saturated carbocycles. The van der Waals surface area contributed by atoms with E-state index in [1.54, 1.807) is 18.2 Å². The van der Waals surface area contributed by atoms with Gasteiger partial charge in [0.15, 0.2) is 17.2 Å². The summed E-state index contributed by atoms with van der Waals surface area (Å²) in [7, 11) is 3.06. The van der Waals surface area contributed by atoms with Gasteiger partial charge in [-0.15, -0.1) is 5.10 Å². The fourth-order valence-electron chi connectivity index (χ4n) is 2.69. The van der Waals surface area contributed by atoms with Gasteiger partial charge in [0.2, 0.25) is 11.6 Å². The van der Waals surface area contributed by atoms with Gasteiger partial charge in [0.05, 0.1) is 26.1 Å². The number of ether oxygens (including phenoxy) is 2. The molecule has 3 aromatic rings. The van der Waals surface area contributed by atoms with Crippen LogP contribution in [0.2, 0.25) is 0 Å². The molecule has 29 heavy (non-hydrogen) atoms. The van der Waals surface area contributed by atoms with Crippen LogP contribution in [-0.2, 0) is 0 Å². The number of hydrazone groups is 1.